The van der Waals surface area contributed by atoms with Gasteiger partial charge in [-0.3, -0.25) is 9.69 Å². The largest absolute Gasteiger partial charge is 0.340 e. The molecule has 0 saturated carbocycles. The Morgan fingerprint density at radius 3 is 2.15 bits per heavy atom. The number of aromatic amines is 1. The Kier molecular flexibility index (Phi) is 6.18. The molecule has 172 valence electrons. The first-order valence-corrected chi connectivity index (χ1v) is 11.2. The fraction of sp³-hybridized carbons (Fsp3) is 0.185. The summed E-state index contributed by atoms with van der Waals surface area (Å²) in [5.41, 5.74) is 3.20. The summed E-state index contributed by atoms with van der Waals surface area (Å²) in [4.78, 5) is 24.9. The lowest BCUT2D eigenvalue weighted by Crippen LogP contribution is -2.48. The van der Waals surface area contributed by atoms with Crippen LogP contribution < -0.4 is 0 Å². The summed E-state index contributed by atoms with van der Waals surface area (Å²) in [5, 5.41) is 0. The Morgan fingerprint density at radius 2 is 1.47 bits per heavy atom. The molecule has 0 aliphatic carbocycles. The zero-order valence-electron chi connectivity index (χ0n) is 18.5. The number of carbonyl (C=O) groups excluding carboxylic acids is 1. The van der Waals surface area contributed by atoms with Crippen LogP contribution in [0, 0.1) is 11.6 Å². The minimum atomic E-state index is -0.355. The number of carbonyl (C=O) groups is 1. The third kappa shape index (κ3) is 4.75. The van der Waals surface area contributed by atoms with Gasteiger partial charge in [0.15, 0.2) is 0 Å². The van der Waals surface area contributed by atoms with E-state index in [0.717, 1.165) is 0 Å². The Labute approximate surface area is 196 Å². The zero-order valence-corrected chi connectivity index (χ0v) is 18.5. The van der Waals surface area contributed by atoms with Gasteiger partial charge in [-0.15, -0.1) is 0 Å². The molecule has 1 amide bonds. The standard InChI is InChI=1S/C27H24F2N4O/c28-22-10-4-8-20(16-22)25-26(21-9-5-11-23(29)17-21)31-24(30-25)18-32-12-14-33(15-13-32)27(34)19-6-2-1-3-7-19/h1-11,16-17H,12-15,18H2,(H,30,31). The number of amides is 1. The molecule has 34 heavy (non-hydrogen) atoms. The lowest BCUT2D eigenvalue weighted by molar-refractivity contribution is 0.0626. The van der Waals surface area contributed by atoms with E-state index >= 15 is 0 Å². The summed E-state index contributed by atoms with van der Waals surface area (Å²) in [6.45, 7) is 3.22. The molecule has 0 unspecified atom stereocenters. The molecule has 4 aromatic rings. The summed E-state index contributed by atoms with van der Waals surface area (Å²) in [6, 6.07) is 21.8. The van der Waals surface area contributed by atoms with Gasteiger partial charge in [-0.05, 0) is 36.4 Å². The van der Waals surface area contributed by atoms with Crippen LogP contribution in [0.1, 0.15) is 16.2 Å². The molecule has 1 aliphatic heterocycles. The average Bonchev–Trinajstić information content (AvgIpc) is 3.28. The fourth-order valence-electron chi connectivity index (χ4n) is 4.28. The van der Waals surface area contributed by atoms with Crippen LogP contribution in [-0.4, -0.2) is 51.9 Å². The lowest BCUT2D eigenvalue weighted by atomic mass is 10.0. The van der Waals surface area contributed by atoms with Crippen molar-refractivity contribution < 1.29 is 13.6 Å². The lowest BCUT2D eigenvalue weighted by Gasteiger charge is -2.34. The highest BCUT2D eigenvalue weighted by molar-refractivity contribution is 5.94. The molecule has 0 atom stereocenters. The topological polar surface area (TPSA) is 52.2 Å². The number of nitrogens with one attached hydrogen (secondary N) is 1. The van der Waals surface area contributed by atoms with Crippen LogP contribution in [0.3, 0.4) is 0 Å². The molecule has 3 aromatic carbocycles. The van der Waals surface area contributed by atoms with Crippen LogP contribution in [0.2, 0.25) is 0 Å². The Hall–Kier alpha value is -3.84. The maximum Gasteiger partial charge on any atom is 0.253 e. The van der Waals surface area contributed by atoms with Crippen LogP contribution in [0.25, 0.3) is 22.5 Å². The molecule has 1 N–H and O–H groups in total. The molecular weight excluding hydrogens is 434 g/mol. The Morgan fingerprint density at radius 1 is 0.824 bits per heavy atom. The number of benzene rings is 3. The number of aromatic nitrogens is 2. The molecule has 0 spiro atoms. The summed E-state index contributed by atoms with van der Waals surface area (Å²) in [5.74, 6) is 0.0471. The van der Waals surface area contributed by atoms with E-state index in [9.17, 15) is 13.6 Å². The SMILES string of the molecule is O=C(c1ccccc1)N1CCN(Cc2nc(-c3cccc(F)c3)c(-c3cccc(F)c3)[nH]2)CC1. The molecule has 1 aromatic heterocycles. The van der Waals surface area contributed by atoms with Gasteiger partial charge in [-0.1, -0.05) is 42.5 Å². The molecule has 0 radical (unpaired) electrons. The maximum atomic E-state index is 13.9. The van der Waals surface area contributed by atoms with E-state index in [0.29, 0.717) is 66.6 Å². The molecule has 0 bridgehead atoms. The van der Waals surface area contributed by atoms with E-state index < -0.39 is 0 Å². The van der Waals surface area contributed by atoms with E-state index in [1.54, 1.807) is 24.3 Å². The second kappa shape index (κ2) is 9.57. The van der Waals surface area contributed by atoms with E-state index in [1.165, 1.54) is 24.3 Å². The molecule has 5 nitrogen and oxygen atoms in total. The van der Waals surface area contributed by atoms with E-state index in [-0.39, 0.29) is 17.5 Å². The number of piperazine rings is 1. The second-order valence-corrected chi connectivity index (χ2v) is 8.36. The number of imidazole rings is 1. The van der Waals surface area contributed by atoms with E-state index in [1.807, 2.05) is 35.2 Å². The van der Waals surface area contributed by atoms with Gasteiger partial charge < -0.3 is 9.88 Å². The van der Waals surface area contributed by atoms with Gasteiger partial charge >= 0.3 is 0 Å². The van der Waals surface area contributed by atoms with E-state index in [4.69, 9.17) is 4.98 Å². The number of rotatable bonds is 5. The van der Waals surface area contributed by atoms with Crippen LogP contribution in [-0.2, 0) is 6.54 Å². The molecule has 1 aliphatic rings. The van der Waals surface area contributed by atoms with Crippen molar-refractivity contribution in [1.82, 2.24) is 19.8 Å². The van der Waals surface area contributed by atoms with E-state index in [2.05, 4.69) is 9.88 Å². The minimum Gasteiger partial charge on any atom is -0.340 e. The normalized spacial score (nSPS) is 14.4. The van der Waals surface area contributed by atoms with Crippen molar-refractivity contribution in [2.24, 2.45) is 0 Å². The number of hydrogen-bond donors (Lipinski definition) is 1. The third-order valence-electron chi connectivity index (χ3n) is 6.02. The van der Waals surface area contributed by atoms with Crippen molar-refractivity contribution in [3.63, 3.8) is 0 Å². The van der Waals surface area contributed by atoms with Gasteiger partial charge in [-0.25, -0.2) is 13.8 Å². The van der Waals surface area contributed by atoms with Gasteiger partial charge in [-0.2, -0.15) is 0 Å². The average molecular weight is 459 g/mol. The Balaban J connectivity index is 1.34. The summed E-state index contributed by atoms with van der Waals surface area (Å²) in [6.07, 6.45) is 0. The van der Waals surface area contributed by atoms with Crippen molar-refractivity contribution in [3.05, 3.63) is 102 Å². The van der Waals surface area contributed by atoms with Crippen molar-refractivity contribution in [3.8, 4) is 22.5 Å². The second-order valence-electron chi connectivity index (χ2n) is 8.36. The van der Waals surface area contributed by atoms with Crippen molar-refractivity contribution in [2.75, 3.05) is 26.2 Å². The monoisotopic (exact) mass is 458 g/mol. The quantitative estimate of drug-likeness (QED) is 0.459. The fourth-order valence-corrected chi connectivity index (χ4v) is 4.28. The number of nitrogens with zero attached hydrogens (tertiary/aromatic N) is 3. The smallest absolute Gasteiger partial charge is 0.253 e. The highest BCUT2D eigenvalue weighted by atomic mass is 19.1. The highest BCUT2D eigenvalue weighted by Gasteiger charge is 2.23. The zero-order chi connectivity index (χ0) is 23.5. The highest BCUT2D eigenvalue weighted by Crippen LogP contribution is 2.31. The van der Waals surface area contributed by atoms with Crippen molar-refractivity contribution in [2.45, 2.75) is 6.54 Å². The predicted octanol–water partition coefficient (Wildman–Crippen LogP) is 4.98. The molecule has 5 rings (SSSR count). The van der Waals surface area contributed by atoms with Crippen LogP contribution in [0.15, 0.2) is 78.9 Å². The third-order valence-corrected chi connectivity index (χ3v) is 6.02. The van der Waals surface area contributed by atoms with Crippen molar-refractivity contribution >= 4 is 5.91 Å². The van der Waals surface area contributed by atoms with Gasteiger partial charge in [0.05, 0.1) is 17.9 Å². The number of H-pyrrole nitrogens is 1. The van der Waals surface area contributed by atoms with Gasteiger partial charge in [0, 0.05) is 42.9 Å². The van der Waals surface area contributed by atoms with Gasteiger partial charge in [0.25, 0.3) is 5.91 Å². The Bertz CT molecular complexity index is 1230. The molecular formula is C27H24F2N4O. The van der Waals surface area contributed by atoms with Gasteiger partial charge in [0.1, 0.15) is 17.5 Å². The number of hydrogen-bond acceptors (Lipinski definition) is 3. The summed E-state index contributed by atoms with van der Waals surface area (Å²) >= 11 is 0. The van der Waals surface area contributed by atoms with Crippen LogP contribution in [0.4, 0.5) is 8.78 Å². The molecule has 7 heteroatoms. The molecule has 1 saturated heterocycles. The van der Waals surface area contributed by atoms with Crippen LogP contribution in [0.5, 0.6) is 0 Å². The minimum absolute atomic E-state index is 0.0417. The van der Waals surface area contributed by atoms with Crippen molar-refractivity contribution in [1.29, 1.82) is 0 Å². The first-order chi connectivity index (χ1) is 16.6. The first-order valence-electron chi connectivity index (χ1n) is 11.2. The first kappa shape index (κ1) is 22.0. The molecule has 1 fully saturated rings. The summed E-state index contributed by atoms with van der Waals surface area (Å²) < 4.78 is 27.8. The van der Waals surface area contributed by atoms with Crippen LogP contribution >= 0.6 is 0 Å². The number of halogens is 2. The summed E-state index contributed by atoms with van der Waals surface area (Å²) in [7, 11) is 0. The maximum absolute atomic E-state index is 13.9. The molecule has 2 heterocycles. The van der Waals surface area contributed by atoms with Gasteiger partial charge in [0.2, 0.25) is 0 Å². The predicted molar refractivity (Wildman–Crippen MR) is 127 cm³/mol.